The highest BCUT2D eigenvalue weighted by Gasteiger charge is 2.35. The lowest BCUT2D eigenvalue weighted by molar-refractivity contribution is -0.117. The summed E-state index contributed by atoms with van der Waals surface area (Å²) in [6.07, 6.45) is 0.732. The van der Waals surface area contributed by atoms with Crippen LogP contribution in [0.15, 0.2) is 77.7 Å². The highest BCUT2D eigenvalue weighted by Crippen LogP contribution is 2.34. The molecule has 0 spiro atoms. The molecule has 1 aliphatic rings. The second kappa shape index (κ2) is 9.15. The Morgan fingerprint density at radius 1 is 0.970 bits per heavy atom. The van der Waals surface area contributed by atoms with E-state index in [9.17, 15) is 13.2 Å². The number of hydrogen-bond donors (Lipinski definition) is 0. The fourth-order valence-electron chi connectivity index (χ4n) is 4.16. The second-order valence-corrected chi connectivity index (χ2v) is 9.67. The number of carbonyl (C=O) groups is 1. The summed E-state index contributed by atoms with van der Waals surface area (Å²) in [4.78, 5) is 15.2. The lowest BCUT2D eigenvalue weighted by Crippen LogP contribution is -2.45. The van der Waals surface area contributed by atoms with E-state index in [-0.39, 0.29) is 23.4 Å². The summed E-state index contributed by atoms with van der Waals surface area (Å²) in [7, 11) is -1.16. The van der Waals surface area contributed by atoms with Gasteiger partial charge in [-0.1, -0.05) is 36.4 Å². The first-order valence-electron chi connectivity index (χ1n) is 10.6. The van der Waals surface area contributed by atoms with Gasteiger partial charge in [-0.3, -0.25) is 9.10 Å². The summed E-state index contributed by atoms with van der Waals surface area (Å²) in [6, 6.07) is 20.7. The fourth-order valence-corrected chi connectivity index (χ4v) is 5.59. The molecule has 1 heterocycles. The van der Waals surface area contributed by atoms with Gasteiger partial charge in [0.15, 0.2) is 11.5 Å². The van der Waals surface area contributed by atoms with Gasteiger partial charge in [0.2, 0.25) is 5.91 Å². The van der Waals surface area contributed by atoms with Crippen molar-refractivity contribution in [1.82, 2.24) is 0 Å². The average Bonchev–Trinajstić information content (AvgIpc) is 3.18. The molecule has 3 aromatic rings. The van der Waals surface area contributed by atoms with Gasteiger partial charge in [0, 0.05) is 17.8 Å². The van der Waals surface area contributed by atoms with Gasteiger partial charge in [-0.15, -0.1) is 0 Å². The maximum absolute atomic E-state index is 13.7. The van der Waals surface area contributed by atoms with Gasteiger partial charge in [-0.25, -0.2) is 8.42 Å². The van der Waals surface area contributed by atoms with Crippen LogP contribution >= 0.6 is 0 Å². The largest absolute Gasteiger partial charge is 0.493 e. The number of nitrogens with zero attached hydrogens (tertiary/aromatic N) is 2. The topological polar surface area (TPSA) is 76.2 Å². The van der Waals surface area contributed by atoms with Crippen LogP contribution in [0.3, 0.4) is 0 Å². The van der Waals surface area contributed by atoms with E-state index in [1.54, 1.807) is 35.2 Å². The van der Waals surface area contributed by atoms with Gasteiger partial charge in [0.1, 0.15) is 6.54 Å². The van der Waals surface area contributed by atoms with E-state index in [1.165, 1.54) is 32.4 Å². The van der Waals surface area contributed by atoms with E-state index >= 15 is 0 Å². The third-order valence-corrected chi connectivity index (χ3v) is 7.51. The Labute approximate surface area is 194 Å². The van der Waals surface area contributed by atoms with Crippen LogP contribution < -0.4 is 18.7 Å². The number of amides is 1. The zero-order chi connectivity index (χ0) is 23.6. The smallest absolute Gasteiger partial charge is 0.264 e. The Hall–Kier alpha value is -3.52. The van der Waals surface area contributed by atoms with E-state index in [0.717, 1.165) is 22.0 Å². The molecule has 7 nitrogen and oxygen atoms in total. The molecule has 0 bridgehead atoms. The second-order valence-electron chi connectivity index (χ2n) is 7.81. The molecule has 0 N–H and O–H groups in total. The normalized spacial score (nSPS) is 15.1. The molecule has 1 amide bonds. The molecular weight excluding hydrogens is 440 g/mol. The molecule has 1 aliphatic heterocycles. The molecule has 8 heteroatoms. The molecular formula is C25H26N2O5S. The van der Waals surface area contributed by atoms with Crippen LogP contribution in [0.1, 0.15) is 12.5 Å². The van der Waals surface area contributed by atoms with Crippen LogP contribution in [0.2, 0.25) is 0 Å². The van der Waals surface area contributed by atoms with Crippen LogP contribution in [-0.4, -0.2) is 41.1 Å². The number of para-hydroxylation sites is 2. The number of methoxy groups -OCH3 is 2. The summed E-state index contributed by atoms with van der Waals surface area (Å²) >= 11 is 0. The number of hydrogen-bond acceptors (Lipinski definition) is 5. The lowest BCUT2D eigenvalue weighted by atomic mass is 10.1. The molecule has 172 valence electrons. The molecule has 0 aliphatic carbocycles. The number of anilines is 2. The van der Waals surface area contributed by atoms with Crippen molar-refractivity contribution < 1.29 is 22.7 Å². The molecule has 4 rings (SSSR count). The van der Waals surface area contributed by atoms with Crippen molar-refractivity contribution in [2.75, 3.05) is 30.0 Å². The number of sulfonamides is 1. The zero-order valence-corrected chi connectivity index (χ0v) is 19.6. The molecule has 1 atom stereocenters. The predicted octanol–water partition coefficient (Wildman–Crippen LogP) is 3.88. The minimum Gasteiger partial charge on any atom is -0.493 e. The Morgan fingerprint density at radius 2 is 1.64 bits per heavy atom. The summed E-state index contributed by atoms with van der Waals surface area (Å²) < 4.78 is 39.1. The third kappa shape index (κ3) is 4.26. The lowest BCUT2D eigenvalue weighted by Gasteiger charge is -2.29. The number of rotatable bonds is 7. The Bertz CT molecular complexity index is 1260. The van der Waals surface area contributed by atoms with Crippen LogP contribution in [0, 0.1) is 0 Å². The van der Waals surface area contributed by atoms with Crippen molar-refractivity contribution in [1.29, 1.82) is 0 Å². The maximum Gasteiger partial charge on any atom is 0.264 e. The van der Waals surface area contributed by atoms with E-state index in [4.69, 9.17) is 9.47 Å². The summed E-state index contributed by atoms with van der Waals surface area (Å²) in [5.41, 5.74) is 2.31. The van der Waals surface area contributed by atoms with Crippen LogP contribution in [-0.2, 0) is 21.2 Å². The number of benzene rings is 3. The quantitative estimate of drug-likeness (QED) is 0.528. The molecule has 0 saturated heterocycles. The zero-order valence-electron chi connectivity index (χ0n) is 18.8. The molecule has 0 aromatic heterocycles. The highest BCUT2D eigenvalue weighted by atomic mass is 32.2. The summed E-state index contributed by atoms with van der Waals surface area (Å²) in [5.74, 6) is 0.418. The standard InChI is InChI=1S/C25H26N2O5S/c1-18-15-19-9-7-8-12-22(19)27(18)25(28)17-26(20-10-5-4-6-11-20)33(29,30)21-13-14-23(31-2)24(16-21)32-3/h4-14,16,18H,15,17H2,1-3H3/t18-/m1/s1. The van der Waals surface area contributed by atoms with Crippen molar-refractivity contribution in [3.8, 4) is 11.5 Å². The Kier molecular flexibility index (Phi) is 6.29. The van der Waals surface area contributed by atoms with Gasteiger partial charge >= 0.3 is 0 Å². The van der Waals surface area contributed by atoms with Gasteiger partial charge in [-0.2, -0.15) is 0 Å². The van der Waals surface area contributed by atoms with Crippen LogP contribution in [0.25, 0.3) is 0 Å². The highest BCUT2D eigenvalue weighted by molar-refractivity contribution is 7.92. The first kappa shape index (κ1) is 22.7. The predicted molar refractivity (Wildman–Crippen MR) is 128 cm³/mol. The Balaban J connectivity index is 1.73. The number of carbonyl (C=O) groups excluding carboxylic acids is 1. The van der Waals surface area contributed by atoms with Crippen LogP contribution in [0.4, 0.5) is 11.4 Å². The van der Waals surface area contributed by atoms with Gasteiger partial charge < -0.3 is 14.4 Å². The first-order chi connectivity index (χ1) is 15.9. The van der Waals surface area contributed by atoms with Crippen molar-refractivity contribution in [2.24, 2.45) is 0 Å². The van der Waals surface area contributed by atoms with E-state index in [0.29, 0.717) is 17.2 Å². The monoisotopic (exact) mass is 466 g/mol. The van der Waals surface area contributed by atoms with E-state index in [1.807, 2.05) is 31.2 Å². The van der Waals surface area contributed by atoms with Crippen molar-refractivity contribution >= 4 is 27.3 Å². The number of fused-ring (bicyclic) bond motifs is 1. The Morgan fingerprint density at radius 3 is 2.33 bits per heavy atom. The third-order valence-electron chi connectivity index (χ3n) is 5.74. The molecule has 3 aromatic carbocycles. The fraction of sp³-hybridized carbons (Fsp3) is 0.240. The van der Waals surface area contributed by atoms with Gasteiger partial charge in [0.05, 0.1) is 24.8 Å². The first-order valence-corrected chi connectivity index (χ1v) is 12.0. The number of ether oxygens (including phenoxy) is 2. The SMILES string of the molecule is COc1ccc(S(=O)(=O)N(CC(=O)N2c3ccccc3C[C@H]2C)c2ccccc2)cc1OC. The van der Waals surface area contributed by atoms with E-state index in [2.05, 4.69) is 0 Å². The molecule has 33 heavy (non-hydrogen) atoms. The van der Waals surface area contributed by atoms with Crippen molar-refractivity contribution in [3.05, 3.63) is 78.4 Å². The van der Waals surface area contributed by atoms with Crippen molar-refractivity contribution in [3.63, 3.8) is 0 Å². The molecule has 0 fully saturated rings. The van der Waals surface area contributed by atoms with Crippen molar-refractivity contribution in [2.45, 2.75) is 24.3 Å². The maximum atomic E-state index is 13.7. The van der Waals surface area contributed by atoms with Crippen LogP contribution in [0.5, 0.6) is 11.5 Å². The average molecular weight is 467 g/mol. The van der Waals surface area contributed by atoms with Gasteiger partial charge in [0.25, 0.3) is 10.0 Å². The molecule has 0 saturated carbocycles. The summed E-state index contributed by atoms with van der Waals surface area (Å²) in [5, 5.41) is 0. The van der Waals surface area contributed by atoms with E-state index < -0.39 is 10.0 Å². The minimum atomic E-state index is -4.08. The minimum absolute atomic E-state index is 0.00618. The summed E-state index contributed by atoms with van der Waals surface area (Å²) in [6.45, 7) is 1.63. The van der Waals surface area contributed by atoms with Gasteiger partial charge in [-0.05, 0) is 49.2 Å². The molecule has 0 unspecified atom stereocenters. The molecule has 0 radical (unpaired) electrons.